The van der Waals surface area contributed by atoms with Crippen LogP contribution in [0.3, 0.4) is 0 Å². The molecule has 0 spiro atoms. The van der Waals surface area contributed by atoms with Crippen LogP contribution in [0.15, 0.2) is 27.6 Å². The summed E-state index contributed by atoms with van der Waals surface area (Å²) >= 11 is 3.36. The van der Waals surface area contributed by atoms with E-state index in [9.17, 15) is 4.79 Å². The van der Waals surface area contributed by atoms with Crippen LogP contribution in [0.1, 0.15) is 32.0 Å². The van der Waals surface area contributed by atoms with Gasteiger partial charge in [0.25, 0.3) is 5.56 Å². The maximum Gasteiger partial charge on any atom is 0.287 e. The monoisotopic (exact) mass is 309 g/mol. The second-order valence-corrected chi connectivity index (χ2v) is 6.18. The summed E-state index contributed by atoms with van der Waals surface area (Å²) in [6, 6.07) is 3.77. The van der Waals surface area contributed by atoms with Gasteiger partial charge < -0.3 is 0 Å². The molecule has 4 nitrogen and oxygen atoms in total. The Kier molecular flexibility index (Phi) is 3.19. The molecule has 0 fully saturated rings. The van der Waals surface area contributed by atoms with Gasteiger partial charge in [-0.3, -0.25) is 9.89 Å². The summed E-state index contributed by atoms with van der Waals surface area (Å²) in [6.45, 7) is 8.13. The van der Waals surface area contributed by atoms with Crippen molar-refractivity contribution in [3.63, 3.8) is 0 Å². The summed E-state index contributed by atoms with van der Waals surface area (Å²) < 4.78 is 2.04. The third-order valence-corrected chi connectivity index (χ3v) is 3.45. The number of rotatable bonds is 1. The first kappa shape index (κ1) is 13.1. The maximum atomic E-state index is 12.2. The number of hydrogen-bond donors (Lipinski definition) is 1. The normalized spacial score (nSPS) is 11.8. The number of halogens is 1. The minimum absolute atomic E-state index is 0.113. The Morgan fingerprint density at radius 3 is 2.56 bits per heavy atom. The Balaban J connectivity index is 2.64. The molecule has 2 heterocycles. The third-order valence-electron chi connectivity index (χ3n) is 2.71. The van der Waals surface area contributed by atoms with Crippen LogP contribution in [0.4, 0.5) is 0 Å². The Morgan fingerprint density at radius 1 is 1.39 bits per heavy atom. The van der Waals surface area contributed by atoms with Crippen LogP contribution >= 0.6 is 15.9 Å². The highest BCUT2D eigenvalue weighted by atomic mass is 79.9. The first-order valence-corrected chi connectivity index (χ1v) is 6.54. The van der Waals surface area contributed by atoms with Crippen molar-refractivity contribution in [2.45, 2.75) is 33.1 Å². The molecule has 0 radical (unpaired) electrons. The van der Waals surface area contributed by atoms with Gasteiger partial charge in [0.1, 0.15) is 4.47 Å². The van der Waals surface area contributed by atoms with Gasteiger partial charge in [-0.25, -0.2) is 9.67 Å². The highest BCUT2D eigenvalue weighted by Gasteiger charge is 2.23. The second-order valence-electron chi connectivity index (χ2n) is 5.38. The number of pyridine rings is 1. The average molecular weight is 310 g/mol. The van der Waals surface area contributed by atoms with E-state index in [0.717, 1.165) is 11.3 Å². The quantitative estimate of drug-likeness (QED) is 0.880. The summed E-state index contributed by atoms with van der Waals surface area (Å²) in [4.78, 5) is 16.4. The van der Waals surface area contributed by atoms with Crippen LogP contribution in [0, 0.1) is 6.92 Å². The fourth-order valence-corrected chi connectivity index (χ4v) is 2.58. The van der Waals surface area contributed by atoms with Crippen molar-refractivity contribution >= 4 is 15.9 Å². The molecule has 0 unspecified atom stereocenters. The molecule has 1 N–H and O–H groups in total. The van der Waals surface area contributed by atoms with E-state index in [2.05, 4.69) is 46.8 Å². The van der Waals surface area contributed by atoms with Crippen molar-refractivity contribution < 1.29 is 0 Å². The average Bonchev–Trinajstić information content (AvgIpc) is 2.55. The van der Waals surface area contributed by atoms with Crippen LogP contribution < -0.4 is 5.56 Å². The fourth-order valence-electron chi connectivity index (χ4n) is 1.72. The number of aryl methyl sites for hydroxylation is 1. The zero-order valence-electron chi connectivity index (χ0n) is 10.9. The third kappa shape index (κ3) is 2.27. The summed E-state index contributed by atoms with van der Waals surface area (Å²) in [5, 5.41) is 3.13. The molecule has 0 aromatic carbocycles. The van der Waals surface area contributed by atoms with E-state index in [-0.39, 0.29) is 11.0 Å². The van der Waals surface area contributed by atoms with Gasteiger partial charge >= 0.3 is 0 Å². The van der Waals surface area contributed by atoms with E-state index < -0.39 is 0 Å². The second kappa shape index (κ2) is 4.39. The molecule has 0 atom stereocenters. The summed E-state index contributed by atoms with van der Waals surface area (Å²) in [5.74, 6) is 0.608. The van der Waals surface area contributed by atoms with Gasteiger partial charge in [-0.1, -0.05) is 20.8 Å². The Bertz CT molecular complexity index is 634. The van der Waals surface area contributed by atoms with Gasteiger partial charge in [-0.2, -0.15) is 0 Å². The highest BCUT2D eigenvalue weighted by Crippen LogP contribution is 2.26. The zero-order chi connectivity index (χ0) is 13.5. The molecule has 2 aromatic heterocycles. The number of aromatic nitrogens is 3. The number of H-pyrrole nitrogens is 1. The molecule has 2 aromatic rings. The van der Waals surface area contributed by atoms with Gasteiger partial charge in [-0.05, 0) is 40.5 Å². The lowest BCUT2D eigenvalue weighted by molar-refractivity contribution is 0.557. The molecule has 0 aliphatic rings. The van der Waals surface area contributed by atoms with Crippen molar-refractivity contribution in [2.75, 3.05) is 0 Å². The molecule has 0 aliphatic carbocycles. The lowest BCUT2D eigenvalue weighted by Crippen LogP contribution is -2.16. The van der Waals surface area contributed by atoms with Gasteiger partial charge in [0, 0.05) is 11.6 Å². The van der Waals surface area contributed by atoms with Gasteiger partial charge in [0.15, 0.2) is 5.82 Å². The van der Waals surface area contributed by atoms with E-state index in [0.29, 0.717) is 10.3 Å². The lowest BCUT2D eigenvalue weighted by atomic mass is 9.93. The first-order valence-electron chi connectivity index (χ1n) is 5.75. The highest BCUT2D eigenvalue weighted by molar-refractivity contribution is 9.10. The summed E-state index contributed by atoms with van der Waals surface area (Å²) in [6.07, 6.45) is 1.70. The molecular weight excluding hydrogens is 294 g/mol. The zero-order valence-corrected chi connectivity index (χ0v) is 12.5. The van der Waals surface area contributed by atoms with Gasteiger partial charge in [0.2, 0.25) is 0 Å². The molecule has 0 amide bonds. The van der Waals surface area contributed by atoms with Crippen molar-refractivity contribution in [2.24, 2.45) is 0 Å². The van der Waals surface area contributed by atoms with Crippen LogP contribution in [0.5, 0.6) is 0 Å². The van der Waals surface area contributed by atoms with Crippen LogP contribution in [0.2, 0.25) is 0 Å². The Labute approximate surface area is 114 Å². The molecule has 2 rings (SSSR count). The molecule has 0 saturated heterocycles. The number of nitrogens with zero attached hydrogens (tertiary/aromatic N) is 2. The predicted octanol–water partition coefficient (Wildman–Crippen LogP) is 2.93. The van der Waals surface area contributed by atoms with Gasteiger partial charge in [-0.15, -0.1) is 0 Å². The van der Waals surface area contributed by atoms with Crippen molar-refractivity contribution in [3.05, 3.63) is 44.4 Å². The number of hydrogen-bond acceptors (Lipinski definition) is 2. The standard InChI is InChI=1S/C13H16BrN3O/c1-8-5-6-15-9(7-8)17-12(18)10(14)11(16-17)13(2,3)4/h5-7,16H,1-4H3. The number of aromatic amines is 1. The molecular formula is C13H16BrN3O. The summed E-state index contributed by atoms with van der Waals surface area (Å²) in [7, 11) is 0. The van der Waals surface area contributed by atoms with Crippen LogP contribution in [-0.4, -0.2) is 14.8 Å². The molecule has 96 valence electrons. The summed E-state index contributed by atoms with van der Waals surface area (Å²) in [5.41, 5.74) is 1.69. The lowest BCUT2D eigenvalue weighted by Gasteiger charge is -2.16. The van der Waals surface area contributed by atoms with Crippen LogP contribution in [-0.2, 0) is 5.41 Å². The van der Waals surface area contributed by atoms with E-state index in [4.69, 9.17) is 0 Å². The first-order chi connectivity index (χ1) is 8.30. The fraction of sp³-hybridized carbons (Fsp3) is 0.385. The molecule has 18 heavy (non-hydrogen) atoms. The smallest absolute Gasteiger partial charge is 0.287 e. The molecule has 0 aliphatic heterocycles. The minimum atomic E-state index is -0.132. The van der Waals surface area contributed by atoms with Crippen molar-refractivity contribution in [1.29, 1.82) is 0 Å². The van der Waals surface area contributed by atoms with Crippen molar-refractivity contribution in [3.8, 4) is 5.82 Å². The maximum absolute atomic E-state index is 12.2. The van der Waals surface area contributed by atoms with Crippen molar-refractivity contribution in [1.82, 2.24) is 14.8 Å². The van der Waals surface area contributed by atoms with E-state index in [1.54, 1.807) is 6.20 Å². The SMILES string of the molecule is Cc1ccnc(-n2[nH]c(C(C)(C)C)c(Br)c2=O)c1. The largest absolute Gasteiger partial charge is 0.292 e. The molecule has 0 bridgehead atoms. The molecule has 0 saturated carbocycles. The minimum Gasteiger partial charge on any atom is -0.292 e. The molecule has 5 heteroatoms. The number of nitrogens with one attached hydrogen (secondary N) is 1. The Morgan fingerprint density at radius 2 is 2.06 bits per heavy atom. The van der Waals surface area contributed by atoms with E-state index in [1.165, 1.54) is 4.68 Å². The topological polar surface area (TPSA) is 50.7 Å². The van der Waals surface area contributed by atoms with Gasteiger partial charge in [0.05, 0.1) is 5.69 Å². The Hall–Kier alpha value is -1.36. The van der Waals surface area contributed by atoms with E-state index >= 15 is 0 Å². The van der Waals surface area contributed by atoms with E-state index in [1.807, 2.05) is 19.1 Å². The predicted molar refractivity (Wildman–Crippen MR) is 75.3 cm³/mol. The van der Waals surface area contributed by atoms with Crippen LogP contribution in [0.25, 0.3) is 5.82 Å².